The SMILES string of the molecule is CN(Cc1ccc2c(c1)OCO2)C(=O)/C=C/c1cccc(Cl)c1Cl. The summed E-state index contributed by atoms with van der Waals surface area (Å²) >= 11 is 12.1. The van der Waals surface area contributed by atoms with Gasteiger partial charge in [0.1, 0.15) is 0 Å². The molecule has 0 radical (unpaired) electrons. The Kier molecular flexibility index (Phi) is 4.97. The zero-order valence-corrected chi connectivity index (χ0v) is 14.5. The molecule has 124 valence electrons. The summed E-state index contributed by atoms with van der Waals surface area (Å²) in [6, 6.07) is 10.9. The molecule has 2 aromatic carbocycles. The predicted molar refractivity (Wildman–Crippen MR) is 94.5 cm³/mol. The molecule has 0 fully saturated rings. The van der Waals surface area contributed by atoms with Gasteiger partial charge in [-0.05, 0) is 35.4 Å². The van der Waals surface area contributed by atoms with Gasteiger partial charge in [-0.25, -0.2) is 0 Å². The van der Waals surface area contributed by atoms with Crippen molar-refractivity contribution in [1.82, 2.24) is 4.90 Å². The predicted octanol–water partition coefficient (Wildman–Crippen LogP) is 4.39. The Hall–Kier alpha value is -2.17. The van der Waals surface area contributed by atoms with E-state index in [1.54, 1.807) is 36.2 Å². The topological polar surface area (TPSA) is 38.8 Å². The number of fused-ring (bicyclic) bond motifs is 1. The molecule has 0 spiro atoms. The van der Waals surface area contributed by atoms with Gasteiger partial charge in [0.15, 0.2) is 11.5 Å². The number of carbonyl (C=O) groups excluding carboxylic acids is 1. The summed E-state index contributed by atoms with van der Waals surface area (Å²) in [4.78, 5) is 13.9. The van der Waals surface area contributed by atoms with E-state index in [2.05, 4.69) is 0 Å². The fourth-order valence-electron chi connectivity index (χ4n) is 2.33. The average Bonchev–Trinajstić information content (AvgIpc) is 3.03. The van der Waals surface area contributed by atoms with Gasteiger partial charge in [0.05, 0.1) is 10.0 Å². The lowest BCUT2D eigenvalue weighted by Gasteiger charge is -2.15. The van der Waals surface area contributed by atoms with Crippen LogP contribution in [0.2, 0.25) is 10.0 Å². The number of amides is 1. The molecular formula is C18H15Cl2NO3. The van der Waals surface area contributed by atoms with E-state index in [9.17, 15) is 4.79 Å². The number of hydrogen-bond acceptors (Lipinski definition) is 3. The summed E-state index contributed by atoms with van der Waals surface area (Å²) in [5.74, 6) is 1.29. The number of ether oxygens (including phenoxy) is 2. The molecule has 4 nitrogen and oxygen atoms in total. The van der Waals surface area contributed by atoms with E-state index in [1.165, 1.54) is 6.08 Å². The first-order chi connectivity index (χ1) is 11.5. The molecular weight excluding hydrogens is 349 g/mol. The van der Waals surface area contributed by atoms with E-state index in [-0.39, 0.29) is 12.7 Å². The third-order valence-electron chi connectivity index (χ3n) is 3.62. The minimum atomic E-state index is -0.135. The Morgan fingerprint density at radius 2 is 2.00 bits per heavy atom. The lowest BCUT2D eigenvalue weighted by molar-refractivity contribution is -0.125. The van der Waals surface area contributed by atoms with E-state index in [4.69, 9.17) is 32.7 Å². The molecule has 1 amide bonds. The maximum absolute atomic E-state index is 12.3. The van der Waals surface area contributed by atoms with Gasteiger partial charge in [-0.1, -0.05) is 41.4 Å². The van der Waals surface area contributed by atoms with Crippen LogP contribution in [0.3, 0.4) is 0 Å². The number of likely N-dealkylation sites (N-methyl/N-ethyl adjacent to an activating group) is 1. The van der Waals surface area contributed by atoms with Crippen molar-refractivity contribution in [2.24, 2.45) is 0 Å². The number of benzene rings is 2. The van der Waals surface area contributed by atoms with Crippen molar-refractivity contribution >= 4 is 35.2 Å². The number of hydrogen-bond donors (Lipinski definition) is 0. The smallest absolute Gasteiger partial charge is 0.246 e. The summed E-state index contributed by atoms with van der Waals surface area (Å²) in [5.41, 5.74) is 1.67. The highest BCUT2D eigenvalue weighted by atomic mass is 35.5. The van der Waals surface area contributed by atoms with Crippen molar-refractivity contribution in [3.63, 3.8) is 0 Å². The Morgan fingerprint density at radius 1 is 1.21 bits per heavy atom. The van der Waals surface area contributed by atoms with Crippen molar-refractivity contribution in [2.45, 2.75) is 6.54 Å². The molecule has 0 bridgehead atoms. The van der Waals surface area contributed by atoms with Gasteiger partial charge < -0.3 is 14.4 Å². The third-order valence-corrected chi connectivity index (χ3v) is 4.45. The van der Waals surface area contributed by atoms with Gasteiger partial charge in [-0.15, -0.1) is 0 Å². The molecule has 1 heterocycles. The number of nitrogens with zero attached hydrogens (tertiary/aromatic N) is 1. The number of carbonyl (C=O) groups is 1. The summed E-state index contributed by atoms with van der Waals surface area (Å²) in [6.45, 7) is 0.694. The van der Waals surface area contributed by atoms with E-state index in [0.717, 1.165) is 11.3 Å². The largest absolute Gasteiger partial charge is 0.454 e. The van der Waals surface area contributed by atoms with Gasteiger partial charge in [0.2, 0.25) is 12.7 Å². The van der Waals surface area contributed by atoms with Crippen LogP contribution in [0.1, 0.15) is 11.1 Å². The molecule has 0 saturated heterocycles. The zero-order chi connectivity index (χ0) is 17.1. The van der Waals surface area contributed by atoms with E-state index in [0.29, 0.717) is 27.9 Å². The lowest BCUT2D eigenvalue weighted by atomic mass is 10.2. The van der Waals surface area contributed by atoms with Crippen molar-refractivity contribution < 1.29 is 14.3 Å². The van der Waals surface area contributed by atoms with Gasteiger partial charge in [-0.2, -0.15) is 0 Å². The van der Waals surface area contributed by atoms with Crippen LogP contribution >= 0.6 is 23.2 Å². The Morgan fingerprint density at radius 3 is 2.83 bits per heavy atom. The number of rotatable bonds is 4. The molecule has 2 aromatic rings. The summed E-state index contributed by atoms with van der Waals surface area (Å²) in [6.07, 6.45) is 3.14. The molecule has 0 atom stereocenters. The molecule has 0 aromatic heterocycles. The highest BCUT2D eigenvalue weighted by Gasteiger charge is 2.14. The van der Waals surface area contributed by atoms with Crippen LogP contribution in [0.15, 0.2) is 42.5 Å². The molecule has 1 aliphatic rings. The fraction of sp³-hybridized carbons (Fsp3) is 0.167. The molecule has 24 heavy (non-hydrogen) atoms. The monoisotopic (exact) mass is 363 g/mol. The Balaban J connectivity index is 1.66. The van der Waals surface area contributed by atoms with Crippen LogP contribution in [0.5, 0.6) is 11.5 Å². The first-order valence-electron chi connectivity index (χ1n) is 7.30. The fourth-order valence-corrected chi connectivity index (χ4v) is 2.70. The van der Waals surface area contributed by atoms with Gasteiger partial charge in [-0.3, -0.25) is 4.79 Å². The van der Waals surface area contributed by atoms with Crippen molar-refractivity contribution in [1.29, 1.82) is 0 Å². The maximum Gasteiger partial charge on any atom is 0.246 e. The van der Waals surface area contributed by atoms with Crippen LogP contribution < -0.4 is 9.47 Å². The van der Waals surface area contributed by atoms with Crippen molar-refractivity contribution in [3.8, 4) is 11.5 Å². The highest BCUT2D eigenvalue weighted by Crippen LogP contribution is 2.32. The van der Waals surface area contributed by atoms with Crippen LogP contribution in [0.25, 0.3) is 6.08 Å². The minimum Gasteiger partial charge on any atom is -0.454 e. The Bertz CT molecular complexity index is 805. The first kappa shape index (κ1) is 16.7. The first-order valence-corrected chi connectivity index (χ1v) is 8.06. The van der Waals surface area contributed by atoms with Crippen LogP contribution in [-0.2, 0) is 11.3 Å². The van der Waals surface area contributed by atoms with Crippen LogP contribution in [0, 0.1) is 0 Å². The molecule has 0 saturated carbocycles. The third kappa shape index (κ3) is 3.66. The molecule has 0 aliphatic carbocycles. The van der Waals surface area contributed by atoms with Crippen LogP contribution in [0.4, 0.5) is 0 Å². The van der Waals surface area contributed by atoms with E-state index >= 15 is 0 Å². The molecule has 0 unspecified atom stereocenters. The van der Waals surface area contributed by atoms with E-state index in [1.807, 2.05) is 18.2 Å². The maximum atomic E-state index is 12.3. The molecule has 3 rings (SSSR count). The molecule has 1 aliphatic heterocycles. The number of halogens is 2. The van der Waals surface area contributed by atoms with E-state index < -0.39 is 0 Å². The zero-order valence-electron chi connectivity index (χ0n) is 13.0. The molecule has 0 N–H and O–H groups in total. The lowest BCUT2D eigenvalue weighted by Crippen LogP contribution is -2.24. The summed E-state index contributed by atoms with van der Waals surface area (Å²) < 4.78 is 10.6. The van der Waals surface area contributed by atoms with Gasteiger partial charge in [0.25, 0.3) is 0 Å². The van der Waals surface area contributed by atoms with Gasteiger partial charge in [0, 0.05) is 19.7 Å². The van der Waals surface area contributed by atoms with Crippen molar-refractivity contribution in [3.05, 3.63) is 63.6 Å². The molecule has 6 heteroatoms. The summed E-state index contributed by atoms with van der Waals surface area (Å²) in [7, 11) is 1.73. The average molecular weight is 364 g/mol. The quantitative estimate of drug-likeness (QED) is 0.756. The van der Waals surface area contributed by atoms with Crippen LogP contribution in [-0.4, -0.2) is 24.6 Å². The minimum absolute atomic E-state index is 0.135. The second-order valence-electron chi connectivity index (χ2n) is 5.36. The van der Waals surface area contributed by atoms with Crippen molar-refractivity contribution in [2.75, 3.05) is 13.8 Å². The standard InChI is InChI=1S/C18H15Cl2NO3/c1-21(10-12-5-7-15-16(9-12)24-11-23-15)17(22)8-6-13-3-2-4-14(19)18(13)20/h2-9H,10-11H2,1H3/b8-6+. The summed E-state index contributed by atoms with van der Waals surface area (Å²) in [5, 5.41) is 0.890. The normalized spacial score (nSPS) is 12.6. The Labute approximate surface area is 150 Å². The second-order valence-corrected chi connectivity index (χ2v) is 6.14. The van der Waals surface area contributed by atoms with Gasteiger partial charge >= 0.3 is 0 Å². The second kappa shape index (κ2) is 7.16. The highest BCUT2D eigenvalue weighted by molar-refractivity contribution is 6.42.